The standard InChI is InChI=1S/C29H26FN7O/c1-35-28(38)25-26(32-21-6-3-2-4-7-21)34-36(27(25)37-24-9-5-8-22(24)33-29(35)37)17-18-10-12-19(13-11-18)23-16-20(30)14-15-31-23/h2-4,6-7,10-16,22,24H,5,8-9,17H2,1H3,(H,32,34). The van der Waals surface area contributed by atoms with Crippen LogP contribution < -0.4 is 10.2 Å². The maximum atomic E-state index is 13.7. The highest BCUT2D eigenvalue weighted by Crippen LogP contribution is 2.43. The number of fused-ring (bicyclic) bond motifs is 5. The summed E-state index contributed by atoms with van der Waals surface area (Å²) in [6.07, 6.45) is 4.64. The minimum Gasteiger partial charge on any atom is -0.338 e. The number of hydrogen-bond acceptors (Lipinski definition) is 6. The van der Waals surface area contributed by atoms with Gasteiger partial charge in [0.1, 0.15) is 17.2 Å². The molecule has 1 N–H and O–H groups in total. The van der Waals surface area contributed by atoms with Gasteiger partial charge in [-0.3, -0.25) is 19.6 Å². The monoisotopic (exact) mass is 507 g/mol. The van der Waals surface area contributed by atoms with E-state index in [1.807, 2.05) is 59.3 Å². The van der Waals surface area contributed by atoms with E-state index in [9.17, 15) is 9.18 Å². The molecule has 0 saturated heterocycles. The molecule has 7 rings (SSSR count). The number of hydrogen-bond donors (Lipinski definition) is 1. The Morgan fingerprint density at radius 2 is 1.87 bits per heavy atom. The number of carbonyl (C=O) groups is 1. The van der Waals surface area contributed by atoms with Crippen LogP contribution in [0.15, 0.2) is 77.9 Å². The Hall–Kier alpha value is -4.53. The van der Waals surface area contributed by atoms with Crippen molar-refractivity contribution in [1.29, 1.82) is 0 Å². The van der Waals surface area contributed by atoms with Gasteiger partial charge in [-0.25, -0.2) is 14.1 Å². The van der Waals surface area contributed by atoms with Gasteiger partial charge < -0.3 is 5.32 Å². The first kappa shape index (κ1) is 22.7. The number of anilines is 3. The molecule has 190 valence electrons. The lowest BCUT2D eigenvalue weighted by Crippen LogP contribution is -2.52. The van der Waals surface area contributed by atoms with E-state index in [1.165, 1.54) is 18.3 Å². The molecule has 38 heavy (non-hydrogen) atoms. The summed E-state index contributed by atoms with van der Waals surface area (Å²) in [6.45, 7) is 0.466. The van der Waals surface area contributed by atoms with Crippen molar-refractivity contribution in [2.45, 2.75) is 37.9 Å². The van der Waals surface area contributed by atoms with Gasteiger partial charge in [0.25, 0.3) is 5.91 Å². The van der Waals surface area contributed by atoms with Gasteiger partial charge in [0.05, 0.1) is 24.3 Å². The second-order valence-electron chi connectivity index (χ2n) is 9.98. The summed E-state index contributed by atoms with van der Waals surface area (Å²) in [7, 11) is 1.79. The van der Waals surface area contributed by atoms with E-state index >= 15 is 0 Å². The molecule has 4 aromatic rings. The van der Waals surface area contributed by atoms with Gasteiger partial charge >= 0.3 is 0 Å². The van der Waals surface area contributed by atoms with Crippen molar-refractivity contribution in [2.75, 3.05) is 17.3 Å². The number of rotatable bonds is 5. The number of carbonyl (C=O) groups excluding carboxylic acids is 1. The van der Waals surface area contributed by atoms with Gasteiger partial charge in [-0.15, -0.1) is 0 Å². The molecular formula is C29H26FN7O. The van der Waals surface area contributed by atoms with E-state index in [2.05, 4.69) is 15.2 Å². The minimum absolute atomic E-state index is 0.118. The van der Waals surface area contributed by atoms with Gasteiger partial charge in [-0.1, -0.05) is 42.5 Å². The van der Waals surface area contributed by atoms with Crippen molar-refractivity contribution < 1.29 is 9.18 Å². The number of nitrogens with one attached hydrogen (secondary N) is 1. The summed E-state index contributed by atoms with van der Waals surface area (Å²) >= 11 is 0. The Bertz CT molecular complexity index is 1560. The van der Waals surface area contributed by atoms with Crippen molar-refractivity contribution in [3.63, 3.8) is 0 Å². The fourth-order valence-electron chi connectivity index (χ4n) is 5.76. The molecule has 0 bridgehead atoms. The molecule has 1 saturated carbocycles. The summed E-state index contributed by atoms with van der Waals surface area (Å²) in [6, 6.07) is 20.8. The fraction of sp³-hybridized carbons (Fsp3) is 0.241. The number of pyridine rings is 1. The lowest BCUT2D eigenvalue weighted by Gasteiger charge is -2.35. The molecule has 1 fully saturated rings. The smallest absolute Gasteiger partial charge is 0.267 e. The molecule has 3 aliphatic rings. The zero-order valence-corrected chi connectivity index (χ0v) is 20.9. The van der Waals surface area contributed by atoms with Crippen LogP contribution in [0.1, 0.15) is 35.2 Å². The average molecular weight is 508 g/mol. The van der Waals surface area contributed by atoms with E-state index < -0.39 is 0 Å². The number of aromatic nitrogens is 3. The Kier molecular flexibility index (Phi) is 5.24. The number of guanidine groups is 1. The average Bonchev–Trinajstić information content (AvgIpc) is 3.62. The number of benzene rings is 2. The van der Waals surface area contributed by atoms with E-state index in [0.717, 1.165) is 41.9 Å². The molecule has 2 atom stereocenters. The molecule has 2 aromatic heterocycles. The first-order chi connectivity index (χ1) is 18.6. The molecule has 9 heteroatoms. The maximum absolute atomic E-state index is 13.7. The molecule has 4 heterocycles. The van der Waals surface area contributed by atoms with Gasteiger partial charge in [0.15, 0.2) is 5.82 Å². The zero-order chi connectivity index (χ0) is 25.8. The summed E-state index contributed by atoms with van der Waals surface area (Å²) in [5.41, 5.74) is 3.85. The lowest BCUT2D eigenvalue weighted by molar-refractivity contribution is 0.0865. The predicted molar refractivity (Wildman–Crippen MR) is 144 cm³/mol. The highest BCUT2D eigenvalue weighted by Gasteiger charge is 2.49. The topological polar surface area (TPSA) is 78.7 Å². The molecule has 2 unspecified atom stereocenters. The largest absolute Gasteiger partial charge is 0.338 e. The minimum atomic E-state index is -0.316. The molecule has 1 aliphatic carbocycles. The van der Waals surface area contributed by atoms with Gasteiger partial charge in [0, 0.05) is 30.6 Å². The number of amides is 1. The van der Waals surface area contributed by atoms with Crippen LogP contribution >= 0.6 is 0 Å². The van der Waals surface area contributed by atoms with Gasteiger partial charge in [-0.05, 0) is 43.0 Å². The molecule has 1 amide bonds. The predicted octanol–water partition coefficient (Wildman–Crippen LogP) is 5.06. The van der Waals surface area contributed by atoms with Crippen LogP contribution in [0, 0.1) is 5.82 Å². The maximum Gasteiger partial charge on any atom is 0.267 e. The molecule has 0 spiro atoms. The van der Waals surface area contributed by atoms with Crippen LogP contribution in [0.25, 0.3) is 11.3 Å². The van der Waals surface area contributed by atoms with Gasteiger partial charge in [-0.2, -0.15) is 5.10 Å². The third-order valence-electron chi connectivity index (χ3n) is 7.59. The highest BCUT2D eigenvalue weighted by atomic mass is 19.1. The molecule has 8 nitrogen and oxygen atoms in total. The van der Waals surface area contributed by atoms with Crippen molar-refractivity contribution in [3.8, 4) is 11.3 Å². The molecular weight excluding hydrogens is 481 g/mol. The van der Waals surface area contributed by atoms with Crippen molar-refractivity contribution in [3.05, 3.63) is 89.9 Å². The highest BCUT2D eigenvalue weighted by molar-refractivity contribution is 6.21. The SMILES string of the molecule is CN1C(=O)c2c(Nc3ccccc3)nn(Cc3ccc(-c4cc(F)ccn4)cc3)c2N2C1=NC1CCCC12. The Balaban J connectivity index is 1.30. The van der Waals surface area contributed by atoms with Gasteiger partial charge in [0.2, 0.25) is 5.96 Å². The van der Waals surface area contributed by atoms with Crippen LogP contribution in [-0.4, -0.2) is 50.7 Å². The normalized spacial score (nSPS) is 19.7. The Labute approximate surface area is 219 Å². The van der Waals surface area contributed by atoms with Crippen LogP contribution in [0.3, 0.4) is 0 Å². The van der Waals surface area contributed by atoms with Crippen molar-refractivity contribution in [1.82, 2.24) is 19.7 Å². The number of para-hydroxylation sites is 1. The Morgan fingerprint density at radius 1 is 1.05 bits per heavy atom. The summed E-state index contributed by atoms with van der Waals surface area (Å²) < 4.78 is 15.6. The third-order valence-corrected chi connectivity index (χ3v) is 7.59. The van der Waals surface area contributed by atoms with Crippen LogP contribution in [-0.2, 0) is 6.54 Å². The first-order valence-electron chi connectivity index (χ1n) is 12.9. The number of aliphatic imine (C=N–C) groups is 1. The summed E-state index contributed by atoms with van der Waals surface area (Å²) in [5, 5.41) is 8.31. The van der Waals surface area contributed by atoms with Crippen molar-refractivity contribution >= 4 is 29.2 Å². The van der Waals surface area contributed by atoms with Crippen LogP contribution in [0.5, 0.6) is 0 Å². The quantitative estimate of drug-likeness (QED) is 0.409. The summed E-state index contributed by atoms with van der Waals surface area (Å²) in [5.74, 6) is 1.59. The Morgan fingerprint density at radius 3 is 2.66 bits per heavy atom. The molecule has 2 aromatic carbocycles. The second-order valence-corrected chi connectivity index (χ2v) is 9.98. The zero-order valence-electron chi connectivity index (χ0n) is 20.9. The fourth-order valence-corrected chi connectivity index (χ4v) is 5.76. The van der Waals surface area contributed by atoms with Crippen molar-refractivity contribution in [2.24, 2.45) is 4.99 Å². The van der Waals surface area contributed by atoms with Crippen LogP contribution in [0.4, 0.5) is 21.7 Å². The number of nitrogens with zero attached hydrogens (tertiary/aromatic N) is 6. The molecule has 2 aliphatic heterocycles. The first-order valence-corrected chi connectivity index (χ1v) is 12.9. The van der Waals surface area contributed by atoms with Crippen LogP contribution in [0.2, 0.25) is 0 Å². The van der Waals surface area contributed by atoms with E-state index in [1.54, 1.807) is 11.9 Å². The van der Waals surface area contributed by atoms with E-state index in [0.29, 0.717) is 29.6 Å². The molecule has 0 radical (unpaired) electrons. The second kappa shape index (κ2) is 8.79. The third kappa shape index (κ3) is 3.65. The van der Waals surface area contributed by atoms with E-state index in [4.69, 9.17) is 10.1 Å². The summed E-state index contributed by atoms with van der Waals surface area (Å²) in [4.78, 5) is 26.8. The number of halogens is 1. The lowest BCUT2D eigenvalue weighted by atomic mass is 10.1. The van der Waals surface area contributed by atoms with E-state index in [-0.39, 0.29) is 23.8 Å².